The number of carbonyl (C=O) groups excluding carboxylic acids is 1. The first-order valence-electron chi connectivity index (χ1n) is 8.36. The maximum absolute atomic E-state index is 12.2. The average Bonchev–Trinajstić information content (AvgIpc) is 3.02. The third kappa shape index (κ3) is 5.16. The van der Waals surface area contributed by atoms with Crippen LogP contribution in [0.15, 0.2) is 58.4 Å². The first-order chi connectivity index (χ1) is 13.2. The average molecular weight is 378 g/mol. The predicted molar refractivity (Wildman–Crippen MR) is 109 cm³/mol. The monoisotopic (exact) mass is 378 g/mol. The van der Waals surface area contributed by atoms with Crippen molar-refractivity contribution in [2.45, 2.75) is 6.92 Å². The number of ether oxygens (including phenoxy) is 2. The fourth-order valence-corrected chi connectivity index (χ4v) is 3.16. The van der Waals surface area contributed by atoms with Gasteiger partial charge in [0.05, 0.1) is 17.2 Å². The smallest absolute Gasteiger partial charge is 0.264 e. The van der Waals surface area contributed by atoms with Crippen LogP contribution in [0.1, 0.15) is 12.5 Å². The summed E-state index contributed by atoms with van der Waals surface area (Å²) in [5.74, 6) is 3.73. The van der Waals surface area contributed by atoms with Gasteiger partial charge in [-0.15, -0.1) is 6.42 Å². The lowest BCUT2D eigenvalue weighted by molar-refractivity contribution is -0.115. The fraction of sp³-hybridized carbons (Fsp3) is 0.143. The summed E-state index contributed by atoms with van der Waals surface area (Å²) >= 11 is 1.30. The quantitative estimate of drug-likeness (QED) is 0.610. The van der Waals surface area contributed by atoms with Crippen LogP contribution < -0.4 is 14.8 Å². The molecule has 27 heavy (non-hydrogen) atoms. The molecule has 1 aliphatic rings. The highest BCUT2D eigenvalue weighted by Gasteiger charge is 2.23. The number of amidine groups is 1. The molecule has 1 heterocycles. The summed E-state index contributed by atoms with van der Waals surface area (Å²) in [6, 6.07) is 14.8. The van der Waals surface area contributed by atoms with E-state index in [9.17, 15) is 4.79 Å². The van der Waals surface area contributed by atoms with Gasteiger partial charge in [-0.25, -0.2) is 4.99 Å². The summed E-state index contributed by atoms with van der Waals surface area (Å²) in [7, 11) is 0. The number of thioether (sulfide) groups is 1. The number of hydrogen-bond acceptors (Lipinski definition) is 5. The Morgan fingerprint density at radius 3 is 2.44 bits per heavy atom. The van der Waals surface area contributed by atoms with E-state index >= 15 is 0 Å². The summed E-state index contributed by atoms with van der Waals surface area (Å²) in [6.45, 7) is 2.78. The van der Waals surface area contributed by atoms with Crippen LogP contribution in [-0.2, 0) is 4.79 Å². The number of terminal acetylenes is 1. The van der Waals surface area contributed by atoms with Crippen LogP contribution in [0.5, 0.6) is 11.5 Å². The van der Waals surface area contributed by atoms with E-state index in [1.807, 2.05) is 61.5 Å². The molecule has 3 rings (SSSR count). The molecule has 136 valence electrons. The van der Waals surface area contributed by atoms with Gasteiger partial charge in [0.15, 0.2) is 5.17 Å². The van der Waals surface area contributed by atoms with Gasteiger partial charge in [-0.05, 0) is 66.7 Å². The van der Waals surface area contributed by atoms with Crippen molar-refractivity contribution < 1.29 is 14.3 Å². The van der Waals surface area contributed by atoms with Crippen molar-refractivity contribution in [1.82, 2.24) is 5.32 Å². The Hall–Kier alpha value is -3.17. The molecule has 0 aromatic heterocycles. The van der Waals surface area contributed by atoms with E-state index in [0.29, 0.717) is 22.4 Å². The number of benzene rings is 2. The second-order valence-electron chi connectivity index (χ2n) is 5.47. The molecule has 2 aromatic rings. The molecule has 1 amide bonds. The Morgan fingerprint density at radius 2 is 1.78 bits per heavy atom. The second kappa shape index (κ2) is 8.97. The molecule has 6 heteroatoms. The largest absolute Gasteiger partial charge is 0.494 e. The molecule has 2 aromatic carbocycles. The summed E-state index contributed by atoms with van der Waals surface area (Å²) in [6.07, 6.45) is 6.98. The van der Waals surface area contributed by atoms with Gasteiger partial charge < -0.3 is 14.8 Å². The molecule has 0 atom stereocenters. The number of nitrogens with zero attached hydrogens (tertiary/aromatic N) is 1. The zero-order chi connectivity index (χ0) is 19.1. The molecule has 1 N–H and O–H groups in total. The second-order valence-corrected chi connectivity index (χ2v) is 6.50. The van der Waals surface area contributed by atoms with Gasteiger partial charge in [0.1, 0.15) is 18.1 Å². The minimum absolute atomic E-state index is 0.169. The molecule has 0 bridgehead atoms. The Bertz CT molecular complexity index is 910. The standard InChI is InChI=1S/C21H18N2O3S/c1-3-13-26-18-9-5-15(6-10-18)14-19-20(24)23-21(27-19)22-16-7-11-17(12-8-16)25-4-2/h1,5-12,14H,4,13H2,2H3,(H,22,23,24)/b19-14+. The number of nitrogens with one attached hydrogen (secondary N) is 1. The number of amides is 1. The summed E-state index contributed by atoms with van der Waals surface area (Å²) in [5, 5.41) is 3.33. The highest BCUT2D eigenvalue weighted by Crippen LogP contribution is 2.29. The lowest BCUT2D eigenvalue weighted by Crippen LogP contribution is -2.19. The molecule has 0 spiro atoms. The molecule has 0 saturated carbocycles. The molecule has 1 fully saturated rings. The molecular formula is C21H18N2O3S. The van der Waals surface area contributed by atoms with Crippen LogP contribution in [0, 0.1) is 12.3 Å². The zero-order valence-corrected chi connectivity index (χ0v) is 15.6. The summed E-state index contributed by atoms with van der Waals surface area (Å²) in [5.41, 5.74) is 1.64. The Balaban J connectivity index is 1.69. The van der Waals surface area contributed by atoms with Crippen molar-refractivity contribution in [2.24, 2.45) is 4.99 Å². The van der Waals surface area contributed by atoms with Gasteiger partial charge >= 0.3 is 0 Å². The van der Waals surface area contributed by atoms with Crippen LogP contribution in [0.3, 0.4) is 0 Å². The van der Waals surface area contributed by atoms with Crippen LogP contribution in [0.4, 0.5) is 5.69 Å². The Labute approximate surface area is 162 Å². The highest BCUT2D eigenvalue weighted by atomic mass is 32.2. The van der Waals surface area contributed by atoms with Crippen molar-refractivity contribution in [1.29, 1.82) is 0 Å². The number of carbonyl (C=O) groups is 1. The van der Waals surface area contributed by atoms with Crippen molar-refractivity contribution in [3.8, 4) is 23.8 Å². The van der Waals surface area contributed by atoms with E-state index in [4.69, 9.17) is 15.9 Å². The number of rotatable bonds is 6. The van der Waals surface area contributed by atoms with Crippen LogP contribution in [-0.4, -0.2) is 24.3 Å². The molecule has 0 aliphatic carbocycles. The van der Waals surface area contributed by atoms with Gasteiger partial charge in [-0.2, -0.15) is 0 Å². The maximum Gasteiger partial charge on any atom is 0.264 e. The molecule has 0 radical (unpaired) electrons. The number of aliphatic imine (C=N–C) groups is 1. The lowest BCUT2D eigenvalue weighted by atomic mass is 10.2. The van der Waals surface area contributed by atoms with E-state index in [1.165, 1.54) is 11.8 Å². The van der Waals surface area contributed by atoms with Crippen molar-refractivity contribution in [3.63, 3.8) is 0 Å². The summed E-state index contributed by atoms with van der Waals surface area (Å²) in [4.78, 5) is 17.2. The molecular weight excluding hydrogens is 360 g/mol. The van der Waals surface area contributed by atoms with Gasteiger partial charge in [0.2, 0.25) is 0 Å². The van der Waals surface area contributed by atoms with Gasteiger partial charge in [0.25, 0.3) is 5.91 Å². The predicted octanol–water partition coefficient (Wildman–Crippen LogP) is 3.99. The molecule has 1 aliphatic heterocycles. The molecule has 1 saturated heterocycles. The van der Waals surface area contributed by atoms with Crippen molar-refractivity contribution in [2.75, 3.05) is 13.2 Å². The Kier molecular flexibility index (Phi) is 6.18. The molecule has 5 nitrogen and oxygen atoms in total. The normalized spacial score (nSPS) is 16.2. The zero-order valence-electron chi connectivity index (χ0n) is 14.8. The minimum Gasteiger partial charge on any atom is -0.494 e. The van der Waals surface area contributed by atoms with Crippen LogP contribution in [0.25, 0.3) is 6.08 Å². The maximum atomic E-state index is 12.2. The Morgan fingerprint density at radius 1 is 1.11 bits per heavy atom. The fourth-order valence-electron chi connectivity index (χ4n) is 2.32. The SMILES string of the molecule is C#CCOc1ccc(/C=C2/SC(=Nc3ccc(OCC)cc3)NC2=O)cc1. The first kappa shape index (κ1) is 18.6. The van der Waals surface area contributed by atoms with Crippen molar-refractivity contribution in [3.05, 3.63) is 59.0 Å². The topological polar surface area (TPSA) is 59.9 Å². The van der Waals surface area contributed by atoms with Crippen LogP contribution >= 0.6 is 11.8 Å². The lowest BCUT2D eigenvalue weighted by Gasteiger charge is -2.02. The van der Waals surface area contributed by atoms with Crippen molar-refractivity contribution >= 4 is 34.6 Å². The number of hydrogen-bond donors (Lipinski definition) is 1. The van der Waals surface area contributed by atoms with Gasteiger partial charge in [0, 0.05) is 0 Å². The van der Waals surface area contributed by atoms with Crippen LogP contribution in [0.2, 0.25) is 0 Å². The van der Waals surface area contributed by atoms with Gasteiger partial charge in [-0.3, -0.25) is 4.79 Å². The minimum atomic E-state index is -0.169. The third-order valence-corrected chi connectivity index (χ3v) is 4.44. The van der Waals surface area contributed by atoms with E-state index in [-0.39, 0.29) is 12.5 Å². The molecule has 0 unspecified atom stereocenters. The van der Waals surface area contributed by atoms with E-state index in [0.717, 1.165) is 17.0 Å². The van der Waals surface area contributed by atoms with E-state index in [1.54, 1.807) is 0 Å². The summed E-state index contributed by atoms with van der Waals surface area (Å²) < 4.78 is 10.7. The van der Waals surface area contributed by atoms with E-state index < -0.39 is 0 Å². The third-order valence-electron chi connectivity index (χ3n) is 3.53. The van der Waals surface area contributed by atoms with Gasteiger partial charge in [-0.1, -0.05) is 18.1 Å². The first-order valence-corrected chi connectivity index (χ1v) is 9.18. The highest BCUT2D eigenvalue weighted by molar-refractivity contribution is 8.18. The van der Waals surface area contributed by atoms with E-state index in [2.05, 4.69) is 16.2 Å².